The van der Waals surface area contributed by atoms with E-state index in [9.17, 15) is 4.79 Å². The topological polar surface area (TPSA) is 61.4 Å². The van der Waals surface area contributed by atoms with Crippen LogP contribution in [0.25, 0.3) is 0 Å². The highest BCUT2D eigenvalue weighted by atomic mass is 16.2. The molecule has 6 heteroatoms. The molecule has 0 spiro atoms. The molecule has 1 N–H and O–H groups in total. The standard InChI is InChI=1S/C23H25N5O/c1-18-7-5-6-10-20(18)25-23-24-12-11-21(26-23)22(29)28-15-13-27(14-16-28)17-19-8-3-2-4-9-19/h2-12H,13-17H2,1H3,(H,24,25,26). The van der Waals surface area contributed by atoms with Crippen LogP contribution in [0.2, 0.25) is 0 Å². The van der Waals surface area contributed by atoms with Gasteiger partial charge in [-0.3, -0.25) is 9.69 Å². The average Bonchev–Trinajstić information content (AvgIpc) is 2.76. The Hall–Kier alpha value is -3.25. The predicted molar refractivity (Wildman–Crippen MR) is 114 cm³/mol. The van der Waals surface area contributed by atoms with Crippen LogP contribution in [0.5, 0.6) is 0 Å². The number of piperazine rings is 1. The first-order chi connectivity index (χ1) is 14.2. The van der Waals surface area contributed by atoms with Crippen molar-refractivity contribution in [3.63, 3.8) is 0 Å². The summed E-state index contributed by atoms with van der Waals surface area (Å²) >= 11 is 0. The number of amides is 1. The molecule has 4 rings (SSSR count). The summed E-state index contributed by atoms with van der Waals surface area (Å²) in [7, 11) is 0. The Labute approximate surface area is 171 Å². The quantitative estimate of drug-likeness (QED) is 0.726. The van der Waals surface area contributed by atoms with Crippen molar-refractivity contribution in [1.29, 1.82) is 0 Å². The van der Waals surface area contributed by atoms with Crippen LogP contribution >= 0.6 is 0 Å². The van der Waals surface area contributed by atoms with E-state index < -0.39 is 0 Å². The van der Waals surface area contributed by atoms with E-state index in [1.165, 1.54) is 5.56 Å². The Morgan fingerprint density at radius 3 is 2.45 bits per heavy atom. The lowest BCUT2D eigenvalue weighted by Gasteiger charge is -2.34. The number of nitrogens with zero attached hydrogens (tertiary/aromatic N) is 4. The van der Waals surface area contributed by atoms with E-state index in [1.807, 2.05) is 42.2 Å². The van der Waals surface area contributed by atoms with Crippen molar-refractivity contribution in [2.45, 2.75) is 13.5 Å². The van der Waals surface area contributed by atoms with Crippen molar-refractivity contribution < 1.29 is 4.79 Å². The van der Waals surface area contributed by atoms with Gasteiger partial charge in [0.2, 0.25) is 5.95 Å². The fraction of sp³-hybridized carbons (Fsp3) is 0.261. The number of carbonyl (C=O) groups excluding carboxylic acids is 1. The van der Waals surface area contributed by atoms with Gasteiger partial charge in [-0.1, -0.05) is 48.5 Å². The molecule has 148 valence electrons. The second kappa shape index (κ2) is 8.84. The summed E-state index contributed by atoms with van der Waals surface area (Å²) in [5.41, 5.74) is 3.76. The summed E-state index contributed by atoms with van der Waals surface area (Å²) in [4.78, 5) is 25.9. The van der Waals surface area contributed by atoms with Crippen LogP contribution in [-0.2, 0) is 6.54 Å². The normalized spacial score (nSPS) is 14.6. The Morgan fingerprint density at radius 1 is 0.966 bits per heavy atom. The third-order valence-electron chi connectivity index (χ3n) is 5.17. The van der Waals surface area contributed by atoms with Crippen LogP contribution in [0, 0.1) is 6.92 Å². The van der Waals surface area contributed by atoms with Crippen LogP contribution in [0.15, 0.2) is 66.9 Å². The van der Waals surface area contributed by atoms with Gasteiger partial charge in [0.15, 0.2) is 0 Å². The van der Waals surface area contributed by atoms with Crippen LogP contribution in [0.3, 0.4) is 0 Å². The molecule has 29 heavy (non-hydrogen) atoms. The van der Waals surface area contributed by atoms with Gasteiger partial charge >= 0.3 is 0 Å². The van der Waals surface area contributed by atoms with Crippen LogP contribution in [-0.4, -0.2) is 51.9 Å². The SMILES string of the molecule is Cc1ccccc1Nc1nccc(C(=O)N2CCN(Cc3ccccc3)CC2)n1. The number of hydrogen-bond acceptors (Lipinski definition) is 5. The zero-order valence-corrected chi connectivity index (χ0v) is 16.6. The highest BCUT2D eigenvalue weighted by molar-refractivity contribution is 5.92. The van der Waals surface area contributed by atoms with E-state index in [4.69, 9.17) is 0 Å². The van der Waals surface area contributed by atoms with Crippen molar-refractivity contribution in [3.05, 3.63) is 83.7 Å². The average molecular weight is 387 g/mol. The number of anilines is 2. The fourth-order valence-corrected chi connectivity index (χ4v) is 3.48. The minimum absolute atomic E-state index is 0.0420. The molecule has 1 fully saturated rings. The maximum absolute atomic E-state index is 12.9. The molecule has 1 aliphatic rings. The Balaban J connectivity index is 1.37. The van der Waals surface area contributed by atoms with Crippen LogP contribution < -0.4 is 5.32 Å². The minimum Gasteiger partial charge on any atom is -0.335 e. The van der Waals surface area contributed by atoms with Crippen molar-refractivity contribution in [1.82, 2.24) is 19.8 Å². The molecular formula is C23H25N5O. The molecule has 1 amide bonds. The van der Waals surface area contributed by atoms with Crippen molar-refractivity contribution in [2.75, 3.05) is 31.5 Å². The summed E-state index contributed by atoms with van der Waals surface area (Å²) in [6.07, 6.45) is 1.63. The first-order valence-electron chi connectivity index (χ1n) is 9.90. The second-order valence-corrected chi connectivity index (χ2v) is 7.26. The van der Waals surface area contributed by atoms with Gasteiger partial charge in [-0.05, 0) is 30.2 Å². The first-order valence-corrected chi connectivity index (χ1v) is 9.90. The van der Waals surface area contributed by atoms with Crippen LogP contribution in [0.4, 0.5) is 11.6 Å². The summed E-state index contributed by atoms with van der Waals surface area (Å²) in [5.74, 6) is 0.396. The van der Waals surface area contributed by atoms with Gasteiger partial charge in [0, 0.05) is 44.6 Å². The molecule has 3 aromatic rings. The fourth-order valence-electron chi connectivity index (χ4n) is 3.48. The third-order valence-corrected chi connectivity index (χ3v) is 5.17. The smallest absolute Gasteiger partial charge is 0.272 e. The maximum atomic E-state index is 12.9. The molecule has 6 nitrogen and oxygen atoms in total. The lowest BCUT2D eigenvalue weighted by Crippen LogP contribution is -2.48. The molecule has 0 bridgehead atoms. The Morgan fingerprint density at radius 2 is 1.69 bits per heavy atom. The van der Waals surface area contributed by atoms with Gasteiger partial charge in [-0.25, -0.2) is 9.97 Å². The molecule has 0 atom stereocenters. The molecule has 0 unspecified atom stereocenters. The van der Waals surface area contributed by atoms with E-state index in [1.54, 1.807) is 12.3 Å². The van der Waals surface area contributed by atoms with Gasteiger partial charge in [0.25, 0.3) is 5.91 Å². The number of hydrogen-bond donors (Lipinski definition) is 1. The van der Waals surface area contributed by atoms with Gasteiger partial charge in [-0.15, -0.1) is 0 Å². The maximum Gasteiger partial charge on any atom is 0.272 e. The number of carbonyl (C=O) groups is 1. The number of benzene rings is 2. The van der Waals surface area contributed by atoms with E-state index in [0.717, 1.165) is 30.9 Å². The van der Waals surface area contributed by atoms with E-state index in [-0.39, 0.29) is 5.91 Å². The molecular weight excluding hydrogens is 362 g/mol. The molecule has 1 aliphatic heterocycles. The molecule has 0 aliphatic carbocycles. The Bertz CT molecular complexity index is 968. The minimum atomic E-state index is -0.0420. The molecule has 1 saturated heterocycles. The van der Waals surface area contributed by atoms with E-state index in [0.29, 0.717) is 24.7 Å². The molecule has 0 radical (unpaired) electrons. The largest absolute Gasteiger partial charge is 0.335 e. The third kappa shape index (κ3) is 4.78. The van der Waals surface area contributed by atoms with Crippen molar-refractivity contribution >= 4 is 17.5 Å². The summed E-state index contributed by atoms with van der Waals surface area (Å²) in [6.45, 7) is 6.07. The number of rotatable bonds is 5. The summed E-state index contributed by atoms with van der Waals surface area (Å²) < 4.78 is 0. The lowest BCUT2D eigenvalue weighted by molar-refractivity contribution is 0.0622. The van der Waals surface area contributed by atoms with Crippen LogP contribution in [0.1, 0.15) is 21.6 Å². The highest BCUT2D eigenvalue weighted by Gasteiger charge is 2.23. The van der Waals surface area contributed by atoms with Gasteiger partial charge in [0.05, 0.1) is 0 Å². The number of aromatic nitrogens is 2. The van der Waals surface area contributed by atoms with Gasteiger partial charge in [-0.2, -0.15) is 0 Å². The number of para-hydroxylation sites is 1. The summed E-state index contributed by atoms with van der Waals surface area (Å²) in [5, 5.41) is 3.20. The van der Waals surface area contributed by atoms with Gasteiger partial charge < -0.3 is 10.2 Å². The number of aryl methyl sites for hydroxylation is 1. The van der Waals surface area contributed by atoms with Gasteiger partial charge in [0.1, 0.15) is 5.69 Å². The summed E-state index contributed by atoms with van der Waals surface area (Å²) in [6, 6.07) is 20.1. The molecule has 2 aromatic carbocycles. The second-order valence-electron chi connectivity index (χ2n) is 7.26. The van der Waals surface area contributed by atoms with E-state index >= 15 is 0 Å². The molecule has 0 saturated carbocycles. The van der Waals surface area contributed by atoms with Crippen molar-refractivity contribution in [3.8, 4) is 0 Å². The first kappa shape index (κ1) is 19.1. The molecule has 2 heterocycles. The molecule has 1 aromatic heterocycles. The highest BCUT2D eigenvalue weighted by Crippen LogP contribution is 2.18. The predicted octanol–water partition coefficient (Wildman–Crippen LogP) is 3.49. The zero-order chi connectivity index (χ0) is 20.1. The number of nitrogens with one attached hydrogen (secondary N) is 1. The van der Waals surface area contributed by atoms with Crippen molar-refractivity contribution in [2.24, 2.45) is 0 Å². The Kier molecular flexibility index (Phi) is 5.81. The monoisotopic (exact) mass is 387 g/mol. The van der Waals surface area contributed by atoms with E-state index in [2.05, 4.69) is 44.5 Å². The lowest BCUT2D eigenvalue weighted by atomic mass is 10.2. The zero-order valence-electron chi connectivity index (χ0n) is 16.6.